The zero-order chi connectivity index (χ0) is 23.0. The van der Waals surface area contributed by atoms with Gasteiger partial charge in [-0.3, -0.25) is 4.79 Å². The van der Waals surface area contributed by atoms with Crippen molar-refractivity contribution in [1.82, 2.24) is 9.88 Å². The van der Waals surface area contributed by atoms with Gasteiger partial charge in [0.1, 0.15) is 17.3 Å². The summed E-state index contributed by atoms with van der Waals surface area (Å²) in [5, 5.41) is 10.4. The highest BCUT2D eigenvalue weighted by atomic mass is 35.5. The van der Waals surface area contributed by atoms with Crippen LogP contribution in [0, 0.1) is 11.6 Å². The first-order chi connectivity index (χ1) is 15.2. The number of amides is 1. The van der Waals surface area contributed by atoms with Gasteiger partial charge in [0.05, 0.1) is 5.56 Å². The molecule has 0 unspecified atom stereocenters. The third-order valence-corrected chi connectivity index (χ3v) is 5.39. The van der Waals surface area contributed by atoms with Crippen molar-refractivity contribution in [1.29, 1.82) is 0 Å². The summed E-state index contributed by atoms with van der Waals surface area (Å²) in [6.07, 6.45) is 0. The SMILES string of the molecule is CN(Cc1ccc(F)cc1-c1ccc(C(=O)O)c(F)c1)C(=O)c1cc2ccc(Cl)cc2[nH]1. The minimum atomic E-state index is -1.39. The molecule has 0 saturated carbocycles. The van der Waals surface area contributed by atoms with Crippen molar-refractivity contribution in [3.05, 3.63) is 94.1 Å². The summed E-state index contributed by atoms with van der Waals surface area (Å²) in [5.41, 5.74) is 1.87. The van der Waals surface area contributed by atoms with E-state index in [1.54, 1.807) is 31.3 Å². The van der Waals surface area contributed by atoms with Crippen LogP contribution in [0.5, 0.6) is 0 Å². The molecule has 4 aromatic rings. The second-order valence-electron chi connectivity index (χ2n) is 7.38. The number of hydrogen-bond donors (Lipinski definition) is 2. The number of aromatic carboxylic acids is 1. The molecule has 4 rings (SSSR count). The maximum Gasteiger partial charge on any atom is 0.338 e. The molecule has 5 nitrogen and oxygen atoms in total. The van der Waals surface area contributed by atoms with E-state index in [1.165, 1.54) is 29.2 Å². The van der Waals surface area contributed by atoms with Crippen LogP contribution in [0.1, 0.15) is 26.4 Å². The van der Waals surface area contributed by atoms with Gasteiger partial charge in [-0.15, -0.1) is 0 Å². The van der Waals surface area contributed by atoms with E-state index in [4.69, 9.17) is 16.7 Å². The number of nitrogens with zero attached hydrogens (tertiary/aromatic N) is 1. The Hall–Kier alpha value is -3.71. The largest absolute Gasteiger partial charge is 0.478 e. The summed E-state index contributed by atoms with van der Waals surface area (Å²) in [6, 6.07) is 14.6. The van der Waals surface area contributed by atoms with Gasteiger partial charge in [0, 0.05) is 29.5 Å². The summed E-state index contributed by atoms with van der Waals surface area (Å²) in [6.45, 7) is 0.118. The molecule has 0 atom stereocenters. The second kappa shape index (κ2) is 8.43. The summed E-state index contributed by atoms with van der Waals surface area (Å²) < 4.78 is 28.2. The number of carboxylic acids is 1. The number of H-pyrrole nitrogens is 1. The Morgan fingerprint density at radius 3 is 2.53 bits per heavy atom. The Kier molecular flexibility index (Phi) is 5.67. The molecule has 32 heavy (non-hydrogen) atoms. The number of aromatic amines is 1. The van der Waals surface area contributed by atoms with Crippen LogP contribution in [0.25, 0.3) is 22.0 Å². The monoisotopic (exact) mass is 454 g/mol. The van der Waals surface area contributed by atoms with Crippen molar-refractivity contribution in [3.8, 4) is 11.1 Å². The molecule has 162 valence electrons. The minimum absolute atomic E-state index is 0.118. The molecule has 8 heteroatoms. The highest BCUT2D eigenvalue weighted by Crippen LogP contribution is 2.28. The van der Waals surface area contributed by atoms with Gasteiger partial charge in [-0.05, 0) is 59.2 Å². The van der Waals surface area contributed by atoms with E-state index >= 15 is 0 Å². The van der Waals surface area contributed by atoms with Crippen LogP contribution in [0.4, 0.5) is 8.78 Å². The average molecular weight is 455 g/mol. The lowest BCUT2D eigenvalue weighted by atomic mass is 9.97. The number of hydrogen-bond acceptors (Lipinski definition) is 2. The summed E-state index contributed by atoms with van der Waals surface area (Å²) in [5.74, 6) is -3.14. The first-order valence-electron chi connectivity index (χ1n) is 9.58. The topological polar surface area (TPSA) is 73.4 Å². The van der Waals surface area contributed by atoms with E-state index < -0.39 is 23.2 Å². The lowest BCUT2D eigenvalue weighted by Crippen LogP contribution is -2.26. The third-order valence-electron chi connectivity index (χ3n) is 5.15. The van der Waals surface area contributed by atoms with Crippen LogP contribution in [-0.2, 0) is 6.54 Å². The fourth-order valence-corrected chi connectivity index (χ4v) is 3.73. The molecule has 0 aliphatic carbocycles. The molecule has 0 saturated heterocycles. The van der Waals surface area contributed by atoms with Gasteiger partial charge in [0.25, 0.3) is 5.91 Å². The molecule has 0 spiro atoms. The van der Waals surface area contributed by atoms with Gasteiger partial charge in [-0.2, -0.15) is 0 Å². The maximum absolute atomic E-state index is 14.2. The Balaban J connectivity index is 1.64. The fourth-order valence-electron chi connectivity index (χ4n) is 3.56. The first-order valence-corrected chi connectivity index (χ1v) is 9.96. The number of carbonyl (C=O) groups is 2. The smallest absolute Gasteiger partial charge is 0.338 e. The van der Waals surface area contributed by atoms with E-state index in [-0.39, 0.29) is 12.5 Å². The number of nitrogens with one attached hydrogen (secondary N) is 1. The number of halogens is 3. The van der Waals surface area contributed by atoms with Crippen molar-refractivity contribution in [2.45, 2.75) is 6.54 Å². The molecule has 2 N–H and O–H groups in total. The summed E-state index contributed by atoms with van der Waals surface area (Å²) in [4.78, 5) is 28.5. The maximum atomic E-state index is 14.2. The number of carboxylic acid groups (broad SMARTS) is 1. The molecule has 0 aliphatic rings. The van der Waals surface area contributed by atoms with Gasteiger partial charge in [0.15, 0.2) is 0 Å². The van der Waals surface area contributed by atoms with E-state index in [0.29, 0.717) is 27.4 Å². The quantitative estimate of drug-likeness (QED) is 0.404. The highest BCUT2D eigenvalue weighted by Gasteiger charge is 2.18. The minimum Gasteiger partial charge on any atom is -0.478 e. The van der Waals surface area contributed by atoms with Gasteiger partial charge < -0.3 is 15.0 Å². The Labute approximate surface area is 186 Å². The average Bonchev–Trinajstić information content (AvgIpc) is 3.17. The zero-order valence-corrected chi connectivity index (χ0v) is 17.6. The second-order valence-corrected chi connectivity index (χ2v) is 7.81. The first kappa shape index (κ1) is 21.5. The predicted molar refractivity (Wildman–Crippen MR) is 118 cm³/mol. The van der Waals surface area contributed by atoms with Crippen molar-refractivity contribution in [2.24, 2.45) is 0 Å². The van der Waals surface area contributed by atoms with Gasteiger partial charge in [0.2, 0.25) is 0 Å². The molecule has 3 aromatic carbocycles. The lowest BCUT2D eigenvalue weighted by molar-refractivity contribution is 0.0691. The molecule has 1 heterocycles. The summed E-state index contributed by atoms with van der Waals surface area (Å²) in [7, 11) is 1.60. The lowest BCUT2D eigenvalue weighted by Gasteiger charge is -2.19. The van der Waals surface area contributed by atoms with E-state index in [9.17, 15) is 18.4 Å². The van der Waals surface area contributed by atoms with Crippen LogP contribution in [0.3, 0.4) is 0 Å². The van der Waals surface area contributed by atoms with Crippen LogP contribution < -0.4 is 0 Å². The highest BCUT2D eigenvalue weighted by molar-refractivity contribution is 6.31. The van der Waals surface area contributed by atoms with Crippen molar-refractivity contribution in [3.63, 3.8) is 0 Å². The Morgan fingerprint density at radius 1 is 1.03 bits per heavy atom. The Morgan fingerprint density at radius 2 is 1.81 bits per heavy atom. The molecule has 0 aliphatic heterocycles. The van der Waals surface area contributed by atoms with E-state index in [2.05, 4.69) is 4.98 Å². The van der Waals surface area contributed by atoms with Crippen molar-refractivity contribution >= 4 is 34.4 Å². The van der Waals surface area contributed by atoms with Crippen LogP contribution in [0.2, 0.25) is 5.02 Å². The number of benzene rings is 3. The number of aromatic nitrogens is 1. The summed E-state index contributed by atoms with van der Waals surface area (Å²) >= 11 is 6.00. The number of rotatable bonds is 5. The van der Waals surface area contributed by atoms with Crippen LogP contribution in [0.15, 0.2) is 60.7 Å². The van der Waals surface area contributed by atoms with Gasteiger partial charge in [-0.1, -0.05) is 29.8 Å². The third kappa shape index (κ3) is 4.20. The normalized spacial score (nSPS) is 11.0. The zero-order valence-electron chi connectivity index (χ0n) is 16.8. The molecule has 0 bridgehead atoms. The fraction of sp³-hybridized carbons (Fsp3) is 0.0833. The number of carbonyl (C=O) groups excluding carboxylic acids is 1. The molecule has 0 fully saturated rings. The van der Waals surface area contributed by atoms with E-state index in [1.807, 2.05) is 0 Å². The molecular formula is C24H17ClF2N2O3. The van der Waals surface area contributed by atoms with Gasteiger partial charge >= 0.3 is 5.97 Å². The van der Waals surface area contributed by atoms with Crippen LogP contribution in [-0.4, -0.2) is 33.9 Å². The molecular weight excluding hydrogens is 438 g/mol. The van der Waals surface area contributed by atoms with E-state index in [0.717, 1.165) is 23.0 Å². The molecule has 1 amide bonds. The van der Waals surface area contributed by atoms with Crippen molar-refractivity contribution < 1.29 is 23.5 Å². The molecule has 0 radical (unpaired) electrons. The standard InChI is InChI=1S/C24H17ClF2N2O3/c1-29(23(30)22-9-14-2-5-16(25)10-21(14)28-22)12-15-3-6-17(26)11-19(15)13-4-7-18(24(31)32)20(27)8-13/h2-11,28H,12H2,1H3,(H,31,32). The number of fused-ring (bicyclic) bond motifs is 1. The van der Waals surface area contributed by atoms with Crippen LogP contribution >= 0.6 is 11.6 Å². The Bertz CT molecular complexity index is 1370. The van der Waals surface area contributed by atoms with Gasteiger partial charge in [-0.25, -0.2) is 13.6 Å². The predicted octanol–water partition coefficient (Wildman–Crippen LogP) is 5.74. The van der Waals surface area contributed by atoms with Crippen molar-refractivity contribution in [2.75, 3.05) is 7.05 Å². The molecule has 1 aromatic heterocycles.